The number of benzene rings is 1. The maximum absolute atomic E-state index is 12.7. The Hall–Kier alpha value is -3.70. The van der Waals surface area contributed by atoms with Crippen LogP contribution in [0.1, 0.15) is 32.6 Å². The zero-order valence-electron chi connectivity index (χ0n) is 17.7. The van der Waals surface area contributed by atoms with Crippen molar-refractivity contribution in [3.63, 3.8) is 0 Å². The Morgan fingerprint density at radius 1 is 1.31 bits per heavy atom. The predicted octanol–water partition coefficient (Wildman–Crippen LogP) is 1.59. The molecule has 1 aromatic rings. The number of carbonyl (C=O) groups excluding carboxylic acids is 4. The Labute approximate surface area is 183 Å². The number of hydrogen-bond acceptors (Lipinski definition) is 8. The number of carbonyl (C=O) groups is 4. The molecular formula is C20H24N4O8. The molecule has 1 saturated carbocycles. The van der Waals surface area contributed by atoms with Gasteiger partial charge in [-0.05, 0) is 43.7 Å². The minimum absolute atomic E-state index is 0.0978. The summed E-state index contributed by atoms with van der Waals surface area (Å²) in [5, 5.41) is 16.2. The van der Waals surface area contributed by atoms with Gasteiger partial charge in [0, 0.05) is 0 Å². The predicted molar refractivity (Wildman–Crippen MR) is 110 cm³/mol. The van der Waals surface area contributed by atoms with E-state index in [0.717, 1.165) is 23.8 Å². The normalized spacial score (nSPS) is 22.4. The topological polar surface area (TPSA) is 157 Å². The average molecular weight is 448 g/mol. The molecule has 4 amide bonds. The average Bonchev–Trinajstić information content (AvgIpc) is 2.98. The zero-order chi connectivity index (χ0) is 23.5. The van der Waals surface area contributed by atoms with E-state index in [1.807, 2.05) is 0 Å². The van der Waals surface area contributed by atoms with Gasteiger partial charge in [-0.3, -0.25) is 29.4 Å². The third-order valence-corrected chi connectivity index (χ3v) is 5.70. The molecule has 1 heterocycles. The number of nitrogens with one attached hydrogen (secondary N) is 2. The fraction of sp³-hybridized carbons (Fsp3) is 0.500. The summed E-state index contributed by atoms with van der Waals surface area (Å²) in [7, 11) is 1.35. The molecule has 12 nitrogen and oxygen atoms in total. The number of ether oxygens (including phenoxy) is 2. The Bertz CT molecular complexity index is 955. The van der Waals surface area contributed by atoms with Gasteiger partial charge in [0.05, 0.1) is 18.1 Å². The first-order valence-corrected chi connectivity index (χ1v) is 10.1. The number of nitrogens with zero attached hydrogens (tertiary/aromatic N) is 2. The lowest BCUT2D eigenvalue weighted by molar-refractivity contribution is -0.384. The van der Waals surface area contributed by atoms with Gasteiger partial charge in [0.15, 0.2) is 6.61 Å². The van der Waals surface area contributed by atoms with Gasteiger partial charge in [-0.2, -0.15) is 0 Å². The first-order valence-electron chi connectivity index (χ1n) is 10.1. The fourth-order valence-electron chi connectivity index (χ4n) is 3.82. The molecule has 0 bridgehead atoms. The summed E-state index contributed by atoms with van der Waals surface area (Å²) in [5.41, 5.74) is -1.47. The summed E-state index contributed by atoms with van der Waals surface area (Å²) in [6, 6.07) is 3.18. The summed E-state index contributed by atoms with van der Waals surface area (Å²) < 4.78 is 9.77. The molecule has 172 valence electrons. The molecule has 0 unspecified atom stereocenters. The molecule has 2 N–H and O–H groups in total. The maximum Gasteiger partial charge on any atom is 0.326 e. The Morgan fingerprint density at radius 2 is 2.00 bits per heavy atom. The van der Waals surface area contributed by atoms with Crippen LogP contribution in [0.5, 0.6) is 5.75 Å². The molecule has 1 spiro atoms. The van der Waals surface area contributed by atoms with Crippen LogP contribution in [0.4, 0.5) is 16.2 Å². The number of nitro benzene ring substituents is 1. The highest BCUT2D eigenvalue weighted by Crippen LogP contribution is 2.36. The van der Waals surface area contributed by atoms with Crippen LogP contribution in [0, 0.1) is 16.0 Å². The van der Waals surface area contributed by atoms with E-state index in [0.29, 0.717) is 18.8 Å². The van der Waals surface area contributed by atoms with Crippen LogP contribution in [-0.2, 0) is 19.1 Å². The third-order valence-electron chi connectivity index (χ3n) is 5.70. The Morgan fingerprint density at radius 3 is 2.62 bits per heavy atom. The number of methoxy groups -OCH3 is 1. The summed E-state index contributed by atoms with van der Waals surface area (Å²) >= 11 is 0. The summed E-state index contributed by atoms with van der Waals surface area (Å²) in [4.78, 5) is 60.5. The van der Waals surface area contributed by atoms with Crippen LogP contribution in [-0.4, -0.2) is 59.4 Å². The van der Waals surface area contributed by atoms with E-state index in [2.05, 4.69) is 17.6 Å². The number of amides is 4. The lowest BCUT2D eigenvalue weighted by Gasteiger charge is -2.33. The molecule has 1 saturated heterocycles. The summed E-state index contributed by atoms with van der Waals surface area (Å²) in [6.07, 6.45) is 2.60. The Balaban J connectivity index is 1.54. The van der Waals surface area contributed by atoms with Crippen molar-refractivity contribution in [3.05, 3.63) is 28.3 Å². The van der Waals surface area contributed by atoms with Crippen molar-refractivity contribution in [2.45, 2.75) is 38.1 Å². The van der Waals surface area contributed by atoms with Gasteiger partial charge in [0.1, 0.15) is 23.5 Å². The van der Waals surface area contributed by atoms with Crippen molar-refractivity contribution in [1.29, 1.82) is 0 Å². The molecule has 0 radical (unpaired) electrons. The van der Waals surface area contributed by atoms with E-state index in [9.17, 15) is 29.3 Å². The van der Waals surface area contributed by atoms with Crippen molar-refractivity contribution in [3.8, 4) is 5.75 Å². The van der Waals surface area contributed by atoms with Crippen LogP contribution < -0.4 is 15.4 Å². The number of hydrogen-bond donors (Lipinski definition) is 2. The molecule has 1 aliphatic heterocycles. The number of rotatable bonds is 7. The molecule has 1 aliphatic carbocycles. The maximum atomic E-state index is 12.7. The van der Waals surface area contributed by atoms with Crippen LogP contribution in [0.3, 0.4) is 0 Å². The van der Waals surface area contributed by atoms with E-state index in [4.69, 9.17) is 9.47 Å². The largest absolute Gasteiger partial charge is 0.496 e. The highest BCUT2D eigenvalue weighted by Gasteiger charge is 2.52. The first kappa shape index (κ1) is 23.0. The highest BCUT2D eigenvalue weighted by molar-refractivity contribution is 6.08. The summed E-state index contributed by atoms with van der Waals surface area (Å²) in [5.74, 6) is -1.54. The van der Waals surface area contributed by atoms with Crippen molar-refractivity contribution < 1.29 is 33.6 Å². The minimum atomic E-state index is -0.978. The second kappa shape index (κ2) is 9.20. The molecule has 2 aliphatic rings. The highest BCUT2D eigenvalue weighted by atomic mass is 16.6. The van der Waals surface area contributed by atoms with E-state index in [-0.39, 0.29) is 11.4 Å². The van der Waals surface area contributed by atoms with E-state index in [1.165, 1.54) is 19.2 Å². The third kappa shape index (κ3) is 4.79. The Kier molecular flexibility index (Phi) is 6.61. The lowest BCUT2D eigenvalue weighted by atomic mass is 9.77. The zero-order valence-corrected chi connectivity index (χ0v) is 17.7. The quantitative estimate of drug-likeness (QED) is 0.275. The van der Waals surface area contributed by atoms with Crippen molar-refractivity contribution in [2.24, 2.45) is 5.92 Å². The molecule has 12 heteroatoms. The molecule has 0 atom stereocenters. The van der Waals surface area contributed by atoms with Gasteiger partial charge < -0.3 is 20.1 Å². The van der Waals surface area contributed by atoms with Crippen LogP contribution >= 0.6 is 0 Å². The van der Waals surface area contributed by atoms with Gasteiger partial charge in [-0.15, -0.1) is 0 Å². The number of esters is 1. The van der Waals surface area contributed by atoms with Gasteiger partial charge in [0.25, 0.3) is 17.5 Å². The molecular weight excluding hydrogens is 424 g/mol. The fourth-order valence-corrected chi connectivity index (χ4v) is 3.82. The SMILES string of the molecule is COc1ccc(NC(=O)COC(=O)CN2C(=O)NC3(CCC(C)CC3)C2=O)c([N+](=O)[O-])c1. The standard InChI is InChI=1S/C20H24N4O8/c1-12-5-7-20(8-6-12)18(27)23(19(28)22-20)10-17(26)32-11-16(25)21-14-4-3-13(31-2)9-15(14)24(29)30/h3-4,9,12H,5-8,10-11H2,1-2H3,(H,21,25)(H,22,28). The van der Waals surface area contributed by atoms with Gasteiger partial charge in [-0.25, -0.2) is 4.79 Å². The summed E-state index contributed by atoms with van der Waals surface area (Å²) in [6.45, 7) is 0.709. The van der Waals surface area contributed by atoms with Crippen LogP contribution in [0.25, 0.3) is 0 Å². The number of anilines is 1. The molecule has 3 rings (SSSR count). The van der Waals surface area contributed by atoms with Crippen LogP contribution in [0.15, 0.2) is 18.2 Å². The van der Waals surface area contributed by atoms with E-state index < -0.39 is 53.1 Å². The molecule has 0 aromatic heterocycles. The van der Waals surface area contributed by atoms with Gasteiger partial charge in [-0.1, -0.05) is 6.92 Å². The monoisotopic (exact) mass is 448 g/mol. The van der Waals surface area contributed by atoms with Crippen molar-refractivity contribution in [2.75, 3.05) is 25.6 Å². The van der Waals surface area contributed by atoms with Crippen LogP contribution in [0.2, 0.25) is 0 Å². The number of nitro groups is 1. The smallest absolute Gasteiger partial charge is 0.326 e. The molecule has 1 aromatic carbocycles. The van der Waals surface area contributed by atoms with Crippen molar-refractivity contribution in [1.82, 2.24) is 10.2 Å². The molecule has 2 fully saturated rings. The second-order valence-corrected chi connectivity index (χ2v) is 7.94. The van der Waals surface area contributed by atoms with Crippen molar-refractivity contribution >= 4 is 35.2 Å². The van der Waals surface area contributed by atoms with Gasteiger partial charge >= 0.3 is 12.0 Å². The minimum Gasteiger partial charge on any atom is -0.496 e. The first-order chi connectivity index (χ1) is 15.1. The lowest BCUT2D eigenvalue weighted by Crippen LogP contribution is -2.49. The van der Waals surface area contributed by atoms with Gasteiger partial charge in [0.2, 0.25) is 0 Å². The second-order valence-electron chi connectivity index (χ2n) is 7.94. The molecule has 32 heavy (non-hydrogen) atoms. The number of urea groups is 1. The number of imide groups is 1. The van der Waals surface area contributed by atoms with E-state index >= 15 is 0 Å². The van der Waals surface area contributed by atoms with E-state index in [1.54, 1.807) is 0 Å².